The summed E-state index contributed by atoms with van der Waals surface area (Å²) in [6, 6.07) is 14.8. The van der Waals surface area contributed by atoms with Crippen LogP contribution in [0.5, 0.6) is 0 Å². The Bertz CT molecular complexity index is 987. The number of likely N-dealkylation sites (tertiary alicyclic amines) is 1. The molecule has 4 rings (SSSR count). The molecule has 0 bridgehead atoms. The molecule has 0 saturated carbocycles. The first-order valence-corrected chi connectivity index (χ1v) is 11.2. The van der Waals surface area contributed by atoms with Crippen LogP contribution in [-0.2, 0) is 14.3 Å². The average Bonchev–Trinajstić information content (AvgIpc) is 3.12. The second-order valence-electron chi connectivity index (χ2n) is 8.71. The Morgan fingerprint density at radius 3 is 2.18 bits per heavy atom. The average molecular weight is 452 g/mol. The van der Waals surface area contributed by atoms with Gasteiger partial charge < -0.3 is 25.4 Å². The van der Waals surface area contributed by atoms with Crippen molar-refractivity contribution in [1.82, 2.24) is 15.5 Å². The first-order valence-electron chi connectivity index (χ1n) is 11.2. The Hall–Kier alpha value is -3.39. The van der Waals surface area contributed by atoms with Crippen LogP contribution in [0.2, 0.25) is 0 Å². The summed E-state index contributed by atoms with van der Waals surface area (Å²) in [6.45, 7) is 1.80. The van der Waals surface area contributed by atoms with Gasteiger partial charge in [0.2, 0.25) is 5.91 Å². The number of carboxylic acids is 1. The van der Waals surface area contributed by atoms with E-state index in [1.165, 1.54) is 0 Å². The van der Waals surface area contributed by atoms with E-state index in [0.717, 1.165) is 48.2 Å². The molecule has 3 N–H and O–H groups in total. The monoisotopic (exact) mass is 451 g/mol. The third kappa shape index (κ3) is 5.34. The molecule has 2 aromatic carbocycles. The lowest BCUT2D eigenvalue weighted by atomic mass is 9.98. The Morgan fingerprint density at radius 2 is 1.61 bits per heavy atom. The lowest BCUT2D eigenvalue weighted by Crippen LogP contribution is -2.52. The number of alkyl carbamates (subject to hydrolysis) is 1. The first kappa shape index (κ1) is 22.8. The number of aliphatic carboxylic acids is 1. The largest absolute Gasteiger partial charge is 0.481 e. The van der Waals surface area contributed by atoms with E-state index < -0.39 is 30.4 Å². The number of benzene rings is 2. The van der Waals surface area contributed by atoms with Gasteiger partial charge in [0.05, 0.1) is 6.42 Å². The summed E-state index contributed by atoms with van der Waals surface area (Å²) in [6.07, 6.45) is 0.254. The SMILES string of the molecule is CN1CCC(NC(=O)C(CC(=O)O)NC(=O)OCC2c3ccccc3-c3ccccc32)CC1. The summed E-state index contributed by atoms with van der Waals surface area (Å²) in [5, 5.41) is 14.6. The van der Waals surface area contributed by atoms with Gasteiger partial charge in [-0.1, -0.05) is 48.5 Å². The fourth-order valence-corrected chi connectivity index (χ4v) is 4.62. The van der Waals surface area contributed by atoms with Crippen molar-refractivity contribution in [3.63, 3.8) is 0 Å². The molecule has 2 aromatic rings. The van der Waals surface area contributed by atoms with Gasteiger partial charge in [-0.3, -0.25) is 9.59 Å². The molecule has 1 atom stereocenters. The summed E-state index contributed by atoms with van der Waals surface area (Å²) in [4.78, 5) is 38.7. The normalized spacial score (nSPS) is 17.0. The highest BCUT2D eigenvalue weighted by Gasteiger charge is 2.31. The zero-order valence-corrected chi connectivity index (χ0v) is 18.6. The van der Waals surface area contributed by atoms with Gasteiger partial charge in [0.25, 0.3) is 0 Å². The molecule has 33 heavy (non-hydrogen) atoms. The molecule has 1 saturated heterocycles. The molecule has 2 aliphatic rings. The lowest BCUT2D eigenvalue weighted by Gasteiger charge is -2.30. The van der Waals surface area contributed by atoms with Gasteiger partial charge in [-0.05, 0) is 55.2 Å². The Balaban J connectivity index is 1.38. The third-order valence-corrected chi connectivity index (χ3v) is 6.40. The fraction of sp³-hybridized carbons (Fsp3) is 0.400. The van der Waals surface area contributed by atoms with E-state index in [2.05, 4.69) is 15.5 Å². The highest BCUT2D eigenvalue weighted by molar-refractivity contribution is 5.89. The van der Waals surface area contributed by atoms with Gasteiger partial charge in [0.15, 0.2) is 0 Å². The smallest absolute Gasteiger partial charge is 0.407 e. The van der Waals surface area contributed by atoms with Crippen molar-refractivity contribution in [1.29, 1.82) is 0 Å². The van der Waals surface area contributed by atoms with E-state index in [9.17, 15) is 19.5 Å². The van der Waals surface area contributed by atoms with Gasteiger partial charge in [-0.25, -0.2) is 4.79 Å². The number of hydrogen-bond acceptors (Lipinski definition) is 5. The van der Waals surface area contributed by atoms with E-state index in [4.69, 9.17) is 4.74 Å². The van der Waals surface area contributed by atoms with Crippen LogP contribution < -0.4 is 10.6 Å². The molecule has 174 valence electrons. The first-order chi connectivity index (χ1) is 15.9. The van der Waals surface area contributed by atoms with Crippen molar-refractivity contribution in [3.8, 4) is 11.1 Å². The maximum Gasteiger partial charge on any atom is 0.407 e. The second kappa shape index (κ2) is 10.0. The van der Waals surface area contributed by atoms with Crippen LogP contribution in [0.4, 0.5) is 4.79 Å². The maximum absolute atomic E-state index is 12.7. The molecule has 0 spiro atoms. The summed E-state index contributed by atoms with van der Waals surface area (Å²) in [5.41, 5.74) is 4.38. The molecule has 1 aliphatic heterocycles. The maximum atomic E-state index is 12.7. The summed E-state index contributed by atoms with van der Waals surface area (Å²) >= 11 is 0. The van der Waals surface area contributed by atoms with Crippen molar-refractivity contribution in [2.45, 2.75) is 37.3 Å². The second-order valence-corrected chi connectivity index (χ2v) is 8.71. The van der Waals surface area contributed by atoms with E-state index >= 15 is 0 Å². The minimum Gasteiger partial charge on any atom is -0.481 e. The number of carboxylic acid groups (broad SMARTS) is 1. The molecule has 1 unspecified atom stereocenters. The summed E-state index contributed by atoms with van der Waals surface area (Å²) in [5.74, 6) is -1.79. The van der Waals surface area contributed by atoms with Crippen LogP contribution >= 0.6 is 0 Å². The third-order valence-electron chi connectivity index (χ3n) is 6.40. The number of piperidine rings is 1. The Labute approximate surface area is 192 Å². The molecule has 8 heteroatoms. The van der Waals surface area contributed by atoms with E-state index in [-0.39, 0.29) is 18.6 Å². The zero-order chi connectivity index (χ0) is 23.4. The fourth-order valence-electron chi connectivity index (χ4n) is 4.62. The molecule has 0 radical (unpaired) electrons. The standard InChI is InChI=1S/C25H29N3O5/c1-28-12-10-16(11-13-28)26-24(31)22(14-23(29)30)27-25(32)33-15-21-19-8-4-2-6-17(19)18-7-3-5-9-20(18)21/h2-9,16,21-22H,10-15H2,1H3,(H,26,31)(H,27,32)(H,29,30). The van der Waals surface area contributed by atoms with Crippen molar-refractivity contribution < 1.29 is 24.2 Å². The highest BCUT2D eigenvalue weighted by atomic mass is 16.5. The van der Waals surface area contributed by atoms with Crippen LogP contribution in [0.1, 0.15) is 36.3 Å². The number of nitrogens with zero attached hydrogens (tertiary/aromatic N) is 1. The van der Waals surface area contributed by atoms with E-state index in [1.807, 2.05) is 55.6 Å². The topological polar surface area (TPSA) is 108 Å². The quantitative estimate of drug-likeness (QED) is 0.597. The molecule has 1 fully saturated rings. The number of carbonyl (C=O) groups excluding carboxylic acids is 2. The van der Waals surface area contributed by atoms with Gasteiger partial charge in [0, 0.05) is 12.0 Å². The van der Waals surface area contributed by atoms with E-state index in [1.54, 1.807) is 0 Å². The van der Waals surface area contributed by atoms with Crippen molar-refractivity contribution in [2.75, 3.05) is 26.7 Å². The molecule has 0 aromatic heterocycles. The Kier molecular flexibility index (Phi) is 6.93. The van der Waals surface area contributed by atoms with Gasteiger partial charge in [0.1, 0.15) is 12.6 Å². The van der Waals surface area contributed by atoms with Crippen molar-refractivity contribution >= 4 is 18.0 Å². The van der Waals surface area contributed by atoms with Crippen LogP contribution in [0.3, 0.4) is 0 Å². The van der Waals surface area contributed by atoms with Gasteiger partial charge >= 0.3 is 12.1 Å². The zero-order valence-electron chi connectivity index (χ0n) is 18.6. The van der Waals surface area contributed by atoms with Crippen molar-refractivity contribution in [3.05, 3.63) is 59.7 Å². The van der Waals surface area contributed by atoms with Gasteiger partial charge in [-0.2, -0.15) is 0 Å². The summed E-state index contributed by atoms with van der Waals surface area (Å²) in [7, 11) is 2.02. The minimum absolute atomic E-state index is 0.0330. The molecule has 2 amide bonds. The lowest BCUT2D eigenvalue weighted by molar-refractivity contribution is -0.140. The number of carbonyl (C=O) groups is 3. The Morgan fingerprint density at radius 1 is 1.03 bits per heavy atom. The van der Waals surface area contributed by atoms with Crippen molar-refractivity contribution in [2.24, 2.45) is 0 Å². The number of fused-ring (bicyclic) bond motifs is 3. The predicted octanol–water partition coefficient (Wildman–Crippen LogP) is 2.58. The summed E-state index contributed by atoms with van der Waals surface area (Å²) < 4.78 is 5.48. The number of ether oxygens (including phenoxy) is 1. The molecular weight excluding hydrogens is 422 g/mol. The number of amides is 2. The number of hydrogen-bond donors (Lipinski definition) is 3. The van der Waals surface area contributed by atoms with Crippen LogP contribution in [0, 0.1) is 0 Å². The van der Waals surface area contributed by atoms with E-state index in [0.29, 0.717) is 0 Å². The van der Waals surface area contributed by atoms with Crippen LogP contribution in [0.15, 0.2) is 48.5 Å². The minimum atomic E-state index is -1.20. The molecule has 8 nitrogen and oxygen atoms in total. The number of nitrogens with one attached hydrogen (secondary N) is 2. The van der Waals surface area contributed by atoms with Gasteiger partial charge in [-0.15, -0.1) is 0 Å². The van der Waals surface area contributed by atoms with Crippen LogP contribution in [-0.4, -0.2) is 66.8 Å². The molecule has 1 heterocycles. The van der Waals surface area contributed by atoms with Crippen LogP contribution in [0.25, 0.3) is 11.1 Å². The highest BCUT2D eigenvalue weighted by Crippen LogP contribution is 2.44. The predicted molar refractivity (Wildman–Crippen MR) is 123 cm³/mol. The number of rotatable bonds is 7. The molecular formula is C25H29N3O5. The molecule has 1 aliphatic carbocycles.